The molecule has 1 heterocycles. The molecule has 5 heteroatoms. The molecule has 1 aromatic carbocycles. The number of methoxy groups -OCH3 is 1. The molecule has 0 atom stereocenters. The van der Waals surface area contributed by atoms with Crippen molar-refractivity contribution in [3.8, 4) is 5.75 Å². The Labute approximate surface area is 159 Å². The van der Waals surface area contributed by atoms with E-state index in [2.05, 4.69) is 0 Å². The maximum absolute atomic E-state index is 6.02. The van der Waals surface area contributed by atoms with Gasteiger partial charge in [0.2, 0.25) is 0 Å². The highest BCUT2D eigenvalue weighted by Crippen LogP contribution is 2.29. The van der Waals surface area contributed by atoms with Gasteiger partial charge in [-0.3, -0.25) is 0 Å². The van der Waals surface area contributed by atoms with Gasteiger partial charge in [-0.15, -0.1) is 11.3 Å². The van der Waals surface area contributed by atoms with Gasteiger partial charge in [0, 0.05) is 12.1 Å². The Morgan fingerprint density at radius 2 is 2.04 bits per heavy atom. The summed E-state index contributed by atoms with van der Waals surface area (Å²) >= 11 is 7.78. The Morgan fingerprint density at radius 3 is 2.80 bits per heavy atom. The fraction of sp³-hybridized carbons (Fsp3) is 0.550. The summed E-state index contributed by atoms with van der Waals surface area (Å²) in [7, 11) is 1.71. The van der Waals surface area contributed by atoms with Gasteiger partial charge in [-0.1, -0.05) is 49.8 Å². The van der Waals surface area contributed by atoms with Crippen LogP contribution >= 0.6 is 22.9 Å². The monoisotopic (exact) mass is 379 g/mol. The largest absolute Gasteiger partial charge is 0.488 e. The van der Waals surface area contributed by atoms with Gasteiger partial charge in [0.15, 0.2) is 0 Å². The summed E-state index contributed by atoms with van der Waals surface area (Å²) in [6, 6.07) is 7.51. The molecule has 0 saturated heterocycles. The zero-order valence-electron chi connectivity index (χ0n) is 14.8. The number of aromatic nitrogens is 1. The van der Waals surface area contributed by atoms with Crippen molar-refractivity contribution >= 4 is 22.9 Å². The molecule has 1 saturated carbocycles. The smallest absolute Gasteiger partial charge is 0.124 e. The Bertz CT molecular complexity index is 667. The summed E-state index contributed by atoms with van der Waals surface area (Å²) in [5.41, 5.74) is 1.01. The first-order valence-corrected chi connectivity index (χ1v) is 10.3. The van der Waals surface area contributed by atoms with E-state index in [0.29, 0.717) is 18.2 Å². The predicted octanol–water partition coefficient (Wildman–Crippen LogP) is 6.03. The van der Waals surface area contributed by atoms with E-state index in [0.717, 1.165) is 28.7 Å². The SMILES string of the molecule is COCc1nc(CCC2CCCCC2)sc1COc1cccc(Cl)c1. The normalized spacial score (nSPS) is 15.4. The topological polar surface area (TPSA) is 31.4 Å². The van der Waals surface area contributed by atoms with Crippen LogP contribution in [0.2, 0.25) is 5.02 Å². The molecule has 3 rings (SSSR count). The minimum absolute atomic E-state index is 0.514. The van der Waals surface area contributed by atoms with Crippen LogP contribution in [0.3, 0.4) is 0 Å². The van der Waals surface area contributed by atoms with Gasteiger partial charge < -0.3 is 9.47 Å². The van der Waals surface area contributed by atoms with Crippen LogP contribution in [0, 0.1) is 5.92 Å². The fourth-order valence-corrected chi connectivity index (χ4v) is 4.60. The van der Waals surface area contributed by atoms with Gasteiger partial charge >= 0.3 is 0 Å². The number of hydrogen-bond acceptors (Lipinski definition) is 4. The van der Waals surface area contributed by atoms with E-state index in [1.54, 1.807) is 18.4 Å². The molecule has 1 aliphatic rings. The molecule has 0 amide bonds. The maximum atomic E-state index is 6.02. The van der Waals surface area contributed by atoms with Gasteiger partial charge in [0.25, 0.3) is 0 Å². The van der Waals surface area contributed by atoms with Gasteiger partial charge in [-0.25, -0.2) is 4.98 Å². The number of rotatable bonds is 8. The Kier molecular flexibility index (Phi) is 7.14. The molecule has 0 N–H and O–H groups in total. The molecule has 0 bridgehead atoms. The molecule has 0 spiro atoms. The molecule has 1 aliphatic carbocycles. The van der Waals surface area contributed by atoms with Crippen LogP contribution in [0.1, 0.15) is 54.1 Å². The standard InChI is InChI=1S/C20H26ClNO2S/c1-23-13-18-19(14-24-17-9-5-8-16(21)12-17)25-20(22-18)11-10-15-6-3-2-4-7-15/h5,8-9,12,15H,2-4,6-7,10-11,13-14H2,1H3. The third-order valence-electron chi connectivity index (χ3n) is 4.76. The second-order valence-electron chi connectivity index (χ2n) is 6.70. The average molecular weight is 380 g/mol. The molecule has 2 aromatic rings. The van der Waals surface area contributed by atoms with Crippen molar-refractivity contribution in [3.05, 3.63) is 44.9 Å². The Balaban J connectivity index is 1.60. The Morgan fingerprint density at radius 1 is 1.20 bits per heavy atom. The molecule has 0 aliphatic heterocycles. The lowest BCUT2D eigenvalue weighted by atomic mass is 9.86. The Hall–Kier alpha value is -1.10. The summed E-state index contributed by atoms with van der Waals surface area (Å²) < 4.78 is 11.2. The lowest BCUT2D eigenvalue weighted by molar-refractivity contribution is 0.179. The first-order valence-electron chi connectivity index (χ1n) is 9.09. The molecule has 1 aromatic heterocycles. The van der Waals surface area contributed by atoms with Crippen molar-refractivity contribution in [2.24, 2.45) is 5.92 Å². The summed E-state index contributed by atoms with van der Waals surface area (Å²) in [4.78, 5) is 5.95. The lowest BCUT2D eigenvalue weighted by Gasteiger charge is -2.20. The summed E-state index contributed by atoms with van der Waals surface area (Å²) in [6.45, 7) is 1.05. The summed E-state index contributed by atoms with van der Waals surface area (Å²) in [6.07, 6.45) is 9.32. The van der Waals surface area contributed by atoms with Crippen molar-refractivity contribution in [2.75, 3.05) is 7.11 Å². The fourth-order valence-electron chi connectivity index (χ4n) is 3.42. The molecule has 0 radical (unpaired) electrons. The van der Waals surface area contributed by atoms with Crippen LogP contribution in [0.25, 0.3) is 0 Å². The van der Waals surface area contributed by atoms with Gasteiger partial charge in [0.1, 0.15) is 12.4 Å². The highest BCUT2D eigenvalue weighted by Gasteiger charge is 2.16. The zero-order valence-corrected chi connectivity index (χ0v) is 16.4. The highest BCUT2D eigenvalue weighted by molar-refractivity contribution is 7.11. The first-order chi connectivity index (χ1) is 12.2. The molecule has 25 heavy (non-hydrogen) atoms. The van der Waals surface area contributed by atoms with E-state index in [9.17, 15) is 0 Å². The van der Waals surface area contributed by atoms with Crippen LogP contribution in [-0.2, 0) is 24.4 Å². The van der Waals surface area contributed by atoms with Crippen LogP contribution in [0.15, 0.2) is 24.3 Å². The van der Waals surface area contributed by atoms with E-state index in [1.165, 1.54) is 43.5 Å². The predicted molar refractivity (Wildman–Crippen MR) is 104 cm³/mol. The number of nitrogens with zero attached hydrogens (tertiary/aromatic N) is 1. The van der Waals surface area contributed by atoms with Crippen molar-refractivity contribution in [1.82, 2.24) is 4.98 Å². The summed E-state index contributed by atoms with van der Waals surface area (Å²) in [5.74, 6) is 1.67. The van der Waals surface area contributed by atoms with Gasteiger partial charge in [0.05, 0.1) is 22.2 Å². The molecule has 136 valence electrons. The lowest BCUT2D eigenvalue weighted by Crippen LogP contribution is -2.07. The van der Waals surface area contributed by atoms with E-state index < -0.39 is 0 Å². The number of aryl methyl sites for hydroxylation is 1. The van der Waals surface area contributed by atoms with Gasteiger partial charge in [-0.2, -0.15) is 0 Å². The van der Waals surface area contributed by atoms with Gasteiger partial charge in [-0.05, 0) is 37.0 Å². The van der Waals surface area contributed by atoms with Crippen molar-refractivity contribution in [1.29, 1.82) is 0 Å². The molecular formula is C20H26ClNO2S. The number of benzene rings is 1. The van der Waals surface area contributed by atoms with E-state index in [4.69, 9.17) is 26.1 Å². The second kappa shape index (κ2) is 9.56. The zero-order chi connectivity index (χ0) is 17.5. The number of halogens is 1. The maximum Gasteiger partial charge on any atom is 0.124 e. The molecule has 0 unspecified atom stereocenters. The number of ether oxygens (including phenoxy) is 2. The van der Waals surface area contributed by atoms with E-state index in [1.807, 2.05) is 24.3 Å². The number of thiazole rings is 1. The van der Waals surface area contributed by atoms with Crippen LogP contribution in [0.4, 0.5) is 0 Å². The van der Waals surface area contributed by atoms with Crippen molar-refractivity contribution in [2.45, 2.75) is 58.2 Å². The third-order valence-corrected chi connectivity index (χ3v) is 6.13. The molecular weight excluding hydrogens is 354 g/mol. The average Bonchev–Trinajstić information content (AvgIpc) is 3.01. The first kappa shape index (κ1) is 18.7. The van der Waals surface area contributed by atoms with Crippen LogP contribution in [0.5, 0.6) is 5.75 Å². The second-order valence-corrected chi connectivity index (χ2v) is 8.30. The minimum atomic E-state index is 0.514. The third kappa shape index (κ3) is 5.70. The van der Waals surface area contributed by atoms with Crippen molar-refractivity contribution < 1.29 is 9.47 Å². The molecule has 1 fully saturated rings. The van der Waals surface area contributed by atoms with Crippen molar-refractivity contribution in [3.63, 3.8) is 0 Å². The van der Waals surface area contributed by atoms with E-state index >= 15 is 0 Å². The van der Waals surface area contributed by atoms with Crippen LogP contribution in [-0.4, -0.2) is 12.1 Å². The van der Waals surface area contributed by atoms with Crippen LogP contribution < -0.4 is 4.74 Å². The number of hydrogen-bond donors (Lipinski definition) is 0. The summed E-state index contributed by atoms with van der Waals surface area (Å²) in [5, 5.41) is 1.90. The van der Waals surface area contributed by atoms with E-state index in [-0.39, 0.29) is 0 Å². The highest BCUT2D eigenvalue weighted by atomic mass is 35.5. The quantitative estimate of drug-likeness (QED) is 0.560. The minimum Gasteiger partial charge on any atom is -0.488 e. The molecule has 3 nitrogen and oxygen atoms in total.